The summed E-state index contributed by atoms with van der Waals surface area (Å²) >= 11 is 0. The molecule has 0 aromatic carbocycles. The van der Waals surface area contributed by atoms with Gasteiger partial charge in [-0.2, -0.15) is 0 Å². The number of rotatable bonds is 7. The first-order valence-corrected chi connectivity index (χ1v) is 5.32. The van der Waals surface area contributed by atoms with Crippen molar-refractivity contribution < 1.29 is 19.1 Å². The summed E-state index contributed by atoms with van der Waals surface area (Å²) in [6, 6.07) is 0. The Bertz CT molecular complexity index is 332. The maximum Gasteiger partial charge on any atom is 0.324 e. The number of esters is 2. The topological polar surface area (TPSA) is 52.6 Å². The highest BCUT2D eigenvalue weighted by atomic mass is 16.6. The number of allylic oxidation sites excluding steroid dienone is 1. The van der Waals surface area contributed by atoms with Gasteiger partial charge in [-0.15, -0.1) is 6.58 Å². The molecule has 4 heteroatoms. The van der Waals surface area contributed by atoms with E-state index in [-0.39, 0.29) is 19.1 Å². The average molecular weight is 236 g/mol. The van der Waals surface area contributed by atoms with E-state index in [1.807, 2.05) is 0 Å². The van der Waals surface area contributed by atoms with Crippen molar-refractivity contribution in [2.45, 2.75) is 6.42 Å². The molecule has 1 fully saturated rings. The Hall–Kier alpha value is -1.84. The molecule has 0 aromatic rings. The quantitative estimate of drug-likeness (QED) is 0.383. The van der Waals surface area contributed by atoms with E-state index in [1.165, 1.54) is 12.2 Å². The minimum atomic E-state index is -1.20. The monoisotopic (exact) mass is 236 g/mol. The highest BCUT2D eigenvalue weighted by Gasteiger charge is 2.67. The molecule has 1 atom stereocenters. The van der Waals surface area contributed by atoms with Gasteiger partial charge in [-0.05, 0) is 6.42 Å². The van der Waals surface area contributed by atoms with Crippen molar-refractivity contribution in [2.24, 2.45) is 11.3 Å². The lowest BCUT2D eigenvalue weighted by atomic mass is 10.0. The van der Waals surface area contributed by atoms with Crippen LogP contribution in [0.3, 0.4) is 0 Å². The molecule has 1 unspecified atom stereocenters. The van der Waals surface area contributed by atoms with Crippen LogP contribution >= 0.6 is 0 Å². The Kier molecular flexibility index (Phi) is 4.26. The lowest BCUT2D eigenvalue weighted by molar-refractivity contribution is -0.163. The van der Waals surface area contributed by atoms with Crippen LogP contribution in [-0.4, -0.2) is 25.2 Å². The summed E-state index contributed by atoms with van der Waals surface area (Å²) in [7, 11) is 0. The van der Waals surface area contributed by atoms with Crippen molar-refractivity contribution in [1.29, 1.82) is 0 Å². The number of carbonyl (C=O) groups is 2. The molecule has 0 bridgehead atoms. The van der Waals surface area contributed by atoms with E-state index in [2.05, 4.69) is 19.7 Å². The average Bonchev–Trinajstić information content (AvgIpc) is 3.08. The van der Waals surface area contributed by atoms with Crippen molar-refractivity contribution in [1.82, 2.24) is 0 Å². The Morgan fingerprint density at radius 3 is 1.88 bits per heavy atom. The molecular formula is C13H16O4. The van der Waals surface area contributed by atoms with Gasteiger partial charge in [0.05, 0.1) is 0 Å². The molecule has 92 valence electrons. The Morgan fingerprint density at radius 1 is 1.12 bits per heavy atom. The highest BCUT2D eigenvalue weighted by Crippen LogP contribution is 2.55. The van der Waals surface area contributed by atoms with Crippen LogP contribution in [0.5, 0.6) is 0 Å². The number of carbonyl (C=O) groups excluding carboxylic acids is 2. The molecule has 0 N–H and O–H groups in total. The zero-order valence-electron chi connectivity index (χ0n) is 9.69. The zero-order chi connectivity index (χ0) is 12.9. The molecule has 0 heterocycles. The molecule has 1 rings (SSSR count). The third-order valence-corrected chi connectivity index (χ3v) is 2.69. The summed E-state index contributed by atoms with van der Waals surface area (Å²) in [5.41, 5.74) is -1.20. The second kappa shape index (κ2) is 5.48. The van der Waals surface area contributed by atoms with Gasteiger partial charge in [-0.25, -0.2) is 0 Å². The Labute approximate surface area is 101 Å². The van der Waals surface area contributed by atoms with Crippen LogP contribution in [-0.2, 0) is 19.1 Å². The Morgan fingerprint density at radius 2 is 1.59 bits per heavy atom. The molecule has 0 saturated heterocycles. The van der Waals surface area contributed by atoms with Crippen LogP contribution in [0, 0.1) is 11.3 Å². The van der Waals surface area contributed by atoms with Gasteiger partial charge in [0.2, 0.25) is 0 Å². The van der Waals surface area contributed by atoms with Gasteiger partial charge < -0.3 is 9.47 Å². The summed E-state index contributed by atoms with van der Waals surface area (Å²) in [5, 5.41) is 0. The number of ether oxygens (including phenoxy) is 2. The van der Waals surface area contributed by atoms with Crippen LogP contribution in [0.15, 0.2) is 38.0 Å². The molecule has 0 aromatic heterocycles. The second-order valence-corrected chi connectivity index (χ2v) is 3.79. The van der Waals surface area contributed by atoms with Crippen LogP contribution in [0.2, 0.25) is 0 Å². The van der Waals surface area contributed by atoms with E-state index in [9.17, 15) is 9.59 Å². The lowest BCUT2D eigenvalue weighted by Crippen LogP contribution is -2.31. The smallest absolute Gasteiger partial charge is 0.324 e. The van der Waals surface area contributed by atoms with E-state index in [0.717, 1.165) is 0 Å². The molecular weight excluding hydrogens is 220 g/mol. The fourth-order valence-corrected chi connectivity index (χ4v) is 1.65. The van der Waals surface area contributed by atoms with Crippen LogP contribution in [0.4, 0.5) is 0 Å². The van der Waals surface area contributed by atoms with E-state index >= 15 is 0 Å². The maximum atomic E-state index is 11.8. The molecule has 0 amide bonds. The van der Waals surface area contributed by atoms with Gasteiger partial charge in [-0.1, -0.05) is 31.4 Å². The molecule has 1 aliphatic carbocycles. The maximum absolute atomic E-state index is 11.8. The molecule has 0 spiro atoms. The SMILES string of the molecule is C=CCOC(=O)C1(C(=O)OCC=C)CC1C=C. The minimum absolute atomic E-state index is 0.0825. The van der Waals surface area contributed by atoms with Gasteiger partial charge in [0, 0.05) is 5.92 Å². The van der Waals surface area contributed by atoms with Crippen LogP contribution < -0.4 is 0 Å². The molecule has 4 nitrogen and oxygen atoms in total. The third-order valence-electron chi connectivity index (χ3n) is 2.69. The van der Waals surface area contributed by atoms with E-state index in [1.54, 1.807) is 6.08 Å². The van der Waals surface area contributed by atoms with Crippen molar-refractivity contribution >= 4 is 11.9 Å². The van der Waals surface area contributed by atoms with Gasteiger partial charge in [0.15, 0.2) is 5.41 Å². The molecule has 17 heavy (non-hydrogen) atoms. The fourth-order valence-electron chi connectivity index (χ4n) is 1.65. The summed E-state index contributed by atoms with van der Waals surface area (Å²) in [4.78, 5) is 23.6. The van der Waals surface area contributed by atoms with E-state index in [4.69, 9.17) is 9.47 Å². The lowest BCUT2D eigenvalue weighted by Gasteiger charge is -2.13. The first-order valence-electron chi connectivity index (χ1n) is 5.32. The summed E-state index contributed by atoms with van der Waals surface area (Å²) in [6.07, 6.45) is 4.87. The summed E-state index contributed by atoms with van der Waals surface area (Å²) in [5.74, 6) is -1.36. The van der Waals surface area contributed by atoms with Crippen molar-refractivity contribution in [3.05, 3.63) is 38.0 Å². The standard InChI is InChI=1S/C13H16O4/c1-4-7-16-11(14)13(9-10(13)6-3)12(15)17-8-5-2/h4-6,10H,1-3,7-9H2. The van der Waals surface area contributed by atoms with Crippen molar-refractivity contribution in [3.63, 3.8) is 0 Å². The minimum Gasteiger partial charge on any atom is -0.461 e. The summed E-state index contributed by atoms with van der Waals surface area (Å²) in [6.45, 7) is 10.6. The number of hydrogen-bond acceptors (Lipinski definition) is 4. The first kappa shape index (κ1) is 13.2. The van der Waals surface area contributed by atoms with Crippen LogP contribution in [0.1, 0.15) is 6.42 Å². The van der Waals surface area contributed by atoms with Gasteiger partial charge >= 0.3 is 11.9 Å². The highest BCUT2D eigenvalue weighted by molar-refractivity contribution is 6.04. The fraction of sp³-hybridized carbons (Fsp3) is 0.385. The Balaban J connectivity index is 2.73. The van der Waals surface area contributed by atoms with Crippen molar-refractivity contribution in [2.75, 3.05) is 13.2 Å². The van der Waals surface area contributed by atoms with E-state index < -0.39 is 17.4 Å². The van der Waals surface area contributed by atoms with E-state index in [0.29, 0.717) is 6.42 Å². The predicted octanol–water partition coefficient (Wildman–Crippen LogP) is 1.64. The van der Waals surface area contributed by atoms with Gasteiger partial charge in [0.1, 0.15) is 13.2 Å². The number of hydrogen-bond donors (Lipinski definition) is 0. The van der Waals surface area contributed by atoms with Gasteiger partial charge in [-0.3, -0.25) is 9.59 Å². The predicted molar refractivity (Wildman–Crippen MR) is 63.0 cm³/mol. The van der Waals surface area contributed by atoms with Crippen molar-refractivity contribution in [3.8, 4) is 0 Å². The normalized spacial score (nSPS) is 19.9. The first-order chi connectivity index (χ1) is 8.13. The zero-order valence-corrected chi connectivity index (χ0v) is 9.69. The molecule has 0 aliphatic heterocycles. The third kappa shape index (κ3) is 2.46. The second-order valence-electron chi connectivity index (χ2n) is 3.79. The van der Waals surface area contributed by atoms with Gasteiger partial charge in [0.25, 0.3) is 0 Å². The summed E-state index contributed by atoms with van der Waals surface area (Å²) < 4.78 is 9.84. The molecule has 1 saturated carbocycles. The largest absolute Gasteiger partial charge is 0.461 e. The molecule has 1 aliphatic rings. The van der Waals surface area contributed by atoms with Crippen LogP contribution in [0.25, 0.3) is 0 Å². The molecule has 0 radical (unpaired) electrons.